The summed E-state index contributed by atoms with van der Waals surface area (Å²) in [5, 5.41) is 8.43. The lowest BCUT2D eigenvalue weighted by molar-refractivity contribution is 0.482. The van der Waals surface area contributed by atoms with Crippen molar-refractivity contribution in [3.8, 4) is 11.5 Å². The summed E-state index contributed by atoms with van der Waals surface area (Å²) in [7, 11) is 2.00. The van der Waals surface area contributed by atoms with Crippen LogP contribution < -0.4 is 10.1 Å². The van der Waals surface area contributed by atoms with E-state index in [-0.39, 0.29) is 6.04 Å². The van der Waals surface area contributed by atoms with Crippen molar-refractivity contribution in [2.75, 3.05) is 5.32 Å². The van der Waals surface area contributed by atoms with Crippen LogP contribution in [0.5, 0.6) is 11.5 Å². The molecule has 0 saturated heterocycles. The minimum absolute atomic E-state index is 0.280. The molecule has 0 radical (unpaired) electrons. The van der Waals surface area contributed by atoms with Gasteiger partial charge in [-0.15, -0.1) is 0 Å². The highest BCUT2D eigenvalue weighted by molar-refractivity contribution is 5.51. The summed E-state index contributed by atoms with van der Waals surface area (Å²) in [5.74, 6) is 2.36. The van der Waals surface area contributed by atoms with E-state index in [1.54, 1.807) is 0 Å². The van der Waals surface area contributed by atoms with Crippen LogP contribution in [0, 0.1) is 0 Å². The predicted octanol–water partition coefficient (Wildman–Crippen LogP) is 6.04. The second kappa shape index (κ2) is 7.87. The molecule has 1 unspecified atom stereocenters. The smallest absolute Gasteiger partial charge is 0.127 e. The molecule has 1 saturated carbocycles. The maximum atomic E-state index is 5.92. The molecular formula is C23H27N3O. The molecule has 27 heavy (non-hydrogen) atoms. The van der Waals surface area contributed by atoms with Gasteiger partial charge in [0, 0.05) is 19.2 Å². The molecule has 0 amide bonds. The lowest BCUT2D eigenvalue weighted by atomic mass is 10.0. The third kappa shape index (κ3) is 4.33. The van der Waals surface area contributed by atoms with Crippen molar-refractivity contribution in [2.45, 2.75) is 44.6 Å². The third-order valence-corrected chi connectivity index (χ3v) is 4.99. The number of aryl methyl sites for hydroxylation is 1. The van der Waals surface area contributed by atoms with Crippen LogP contribution >= 0.6 is 0 Å². The van der Waals surface area contributed by atoms with Crippen LogP contribution in [0.1, 0.15) is 55.8 Å². The molecule has 4 nitrogen and oxygen atoms in total. The topological polar surface area (TPSA) is 39.1 Å². The maximum Gasteiger partial charge on any atom is 0.127 e. The van der Waals surface area contributed by atoms with E-state index in [0.717, 1.165) is 24.3 Å². The fraction of sp³-hybridized carbons (Fsp3) is 0.348. The number of nitrogens with zero attached hydrogens (tertiary/aromatic N) is 2. The fourth-order valence-corrected chi connectivity index (χ4v) is 3.47. The van der Waals surface area contributed by atoms with Gasteiger partial charge in [0.1, 0.15) is 11.5 Å². The Kier molecular flexibility index (Phi) is 5.14. The Bertz CT molecular complexity index is 866. The quantitative estimate of drug-likeness (QED) is 0.531. The van der Waals surface area contributed by atoms with Crippen molar-refractivity contribution in [1.29, 1.82) is 0 Å². The average molecular weight is 361 g/mol. The number of rotatable bonds is 8. The Labute approximate surface area is 161 Å². The van der Waals surface area contributed by atoms with Crippen molar-refractivity contribution >= 4 is 5.69 Å². The van der Waals surface area contributed by atoms with E-state index >= 15 is 0 Å². The Balaban J connectivity index is 1.50. The van der Waals surface area contributed by atoms with Crippen LogP contribution in [0.25, 0.3) is 0 Å². The molecule has 0 spiro atoms. The van der Waals surface area contributed by atoms with E-state index in [0.29, 0.717) is 5.92 Å². The Morgan fingerprint density at radius 3 is 2.44 bits per heavy atom. The highest BCUT2D eigenvalue weighted by atomic mass is 16.5. The van der Waals surface area contributed by atoms with Crippen LogP contribution in [0.4, 0.5) is 5.69 Å². The van der Waals surface area contributed by atoms with Crippen molar-refractivity contribution in [2.24, 2.45) is 7.05 Å². The minimum Gasteiger partial charge on any atom is -0.457 e. The van der Waals surface area contributed by atoms with Gasteiger partial charge < -0.3 is 10.1 Å². The summed E-state index contributed by atoms with van der Waals surface area (Å²) in [4.78, 5) is 0. The first-order valence-electron chi connectivity index (χ1n) is 9.86. The molecule has 2 aromatic carbocycles. The lowest BCUT2D eigenvalue weighted by Gasteiger charge is -2.20. The molecule has 4 rings (SSSR count). The van der Waals surface area contributed by atoms with E-state index in [2.05, 4.69) is 47.8 Å². The number of ether oxygens (including phenoxy) is 1. The summed E-state index contributed by atoms with van der Waals surface area (Å²) in [6.45, 7) is 2.23. The molecule has 0 bridgehead atoms. The number of hydrogen-bond acceptors (Lipinski definition) is 3. The Hall–Kier alpha value is -2.75. The molecule has 1 N–H and O–H groups in total. The van der Waals surface area contributed by atoms with Crippen molar-refractivity contribution in [1.82, 2.24) is 9.78 Å². The Morgan fingerprint density at radius 2 is 1.78 bits per heavy atom. The van der Waals surface area contributed by atoms with Gasteiger partial charge in [0.2, 0.25) is 0 Å². The molecule has 1 fully saturated rings. The van der Waals surface area contributed by atoms with E-state index in [1.807, 2.05) is 42.1 Å². The van der Waals surface area contributed by atoms with E-state index in [4.69, 9.17) is 4.74 Å². The van der Waals surface area contributed by atoms with Gasteiger partial charge in [0.25, 0.3) is 0 Å². The largest absolute Gasteiger partial charge is 0.457 e. The molecule has 1 aromatic heterocycles. The first kappa shape index (κ1) is 17.7. The fourth-order valence-electron chi connectivity index (χ4n) is 3.47. The van der Waals surface area contributed by atoms with Gasteiger partial charge in [0.05, 0.1) is 17.4 Å². The molecule has 1 aliphatic rings. The van der Waals surface area contributed by atoms with Gasteiger partial charge in [-0.1, -0.05) is 43.7 Å². The zero-order valence-electron chi connectivity index (χ0n) is 16.1. The number of benzene rings is 2. The number of hydrogen-bond donors (Lipinski definition) is 1. The van der Waals surface area contributed by atoms with E-state index in [1.165, 1.54) is 29.8 Å². The van der Waals surface area contributed by atoms with Gasteiger partial charge in [-0.05, 0) is 49.1 Å². The van der Waals surface area contributed by atoms with Crippen molar-refractivity contribution in [3.63, 3.8) is 0 Å². The second-order valence-corrected chi connectivity index (χ2v) is 7.35. The predicted molar refractivity (Wildman–Crippen MR) is 109 cm³/mol. The van der Waals surface area contributed by atoms with Crippen LogP contribution in [-0.4, -0.2) is 9.78 Å². The number of aromatic nitrogens is 2. The van der Waals surface area contributed by atoms with E-state index in [9.17, 15) is 0 Å². The zero-order chi connectivity index (χ0) is 18.6. The molecule has 3 aromatic rings. The zero-order valence-corrected chi connectivity index (χ0v) is 16.1. The molecule has 0 aliphatic heterocycles. The average Bonchev–Trinajstić information content (AvgIpc) is 3.46. The van der Waals surface area contributed by atoms with E-state index < -0.39 is 0 Å². The molecule has 4 heteroatoms. The van der Waals surface area contributed by atoms with Gasteiger partial charge in [-0.2, -0.15) is 5.10 Å². The summed E-state index contributed by atoms with van der Waals surface area (Å²) in [5.41, 5.74) is 3.69. The number of anilines is 1. The van der Waals surface area contributed by atoms with Crippen LogP contribution in [0.15, 0.2) is 60.8 Å². The Morgan fingerprint density at radius 1 is 1.07 bits per heavy atom. The lowest BCUT2D eigenvalue weighted by Crippen LogP contribution is -2.11. The standard InChI is InChI=1S/C23H27N3O/c1-3-7-21(24-22-16-26(2)25-23(22)18-10-11-18)17-12-14-20(15-13-17)27-19-8-5-4-6-9-19/h4-6,8-9,12-16,18,21,24H,3,7,10-11H2,1-2H3. The first-order valence-corrected chi connectivity index (χ1v) is 9.86. The first-order chi connectivity index (χ1) is 13.2. The summed E-state index contributed by atoms with van der Waals surface area (Å²) < 4.78 is 7.85. The highest BCUT2D eigenvalue weighted by Crippen LogP contribution is 2.43. The number of nitrogens with one attached hydrogen (secondary N) is 1. The normalized spacial score (nSPS) is 14.7. The van der Waals surface area contributed by atoms with Crippen LogP contribution in [0.2, 0.25) is 0 Å². The molecule has 1 aliphatic carbocycles. The molecule has 140 valence electrons. The van der Waals surface area contributed by atoms with Gasteiger partial charge in [-0.3, -0.25) is 4.68 Å². The SMILES string of the molecule is CCCC(Nc1cn(C)nc1C1CC1)c1ccc(Oc2ccccc2)cc1. The number of para-hydroxylation sites is 1. The second-order valence-electron chi connectivity index (χ2n) is 7.35. The highest BCUT2D eigenvalue weighted by Gasteiger charge is 2.29. The molecular weight excluding hydrogens is 334 g/mol. The van der Waals surface area contributed by atoms with Gasteiger partial charge in [-0.25, -0.2) is 0 Å². The monoisotopic (exact) mass is 361 g/mol. The molecule has 1 atom stereocenters. The van der Waals surface area contributed by atoms with Crippen molar-refractivity contribution < 1.29 is 4.74 Å². The van der Waals surface area contributed by atoms with Crippen molar-refractivity contribution in [3.05, 3.63) is 72.1 Å². The minimum atomic E-state index is 0.280. The van der Waals surface area contributed by atoms with Crippen LogP contribution in [0.3, 0.4) is 0 Å². The van der Waals surface area contributed by atoms with Gasteiger partial charge in [0.15, 0.2) is 0 Å². The maximum absolute atomic E-state index is 5.92. The summed E-state index contributed by atoms with van der Waals surface area (Å²) in [6.07, 6.45) is 6.84. The molecule has 1 heterocycles. The summed E-state index contributed by atoms with van der Waals surface area (Å²) in [6, 6.07) is 18.6. The summed E-state index contributed by atoms with van der Waals surface area (Å²) >= 11 is 0. The van der Waals surface area contributed by atoms with Gasteiger partial charge >= 0.3 is 0 Å². The third-order valence-electron chi connectivity index (χ3n) is 4.99. The van der Waals surface area contributed by atoms with Crippen LogP contribution in [-0.2, 0) is 7.05 Å².